The van der Waals surface area contributed by atoms with Gasteiger partial charge in [0.2, 0.25) is 0 Å². The molecular weight excluding hydrogens is 368 g/mol. The van der Waals surface area contributed by atoms with E-state index in [4.69, 9.17) is 0 Å². The van der Waals surface area contributed by atoms with Crippen LogP contribution < -0.4 is 5.32 Å². The Morgan fingerprint density at radius 1 is 1.11 bits per heavy atom. The molecule has 100 valence electrons. The van der Waals surface area contributed by atoms with Crippen molar-refractivity contribution in [2.24, 2.45) is 0 Å². The van der Waals surface area contributed by atoms with Gasteiger partial charge in [0, 0.05) is 27.4 Å². The topological polar surface area (TPSA) is 24.9 Å². The molecule has 0 aliphatic carbocycles. The predicted molar refractivity (Wildman–Crippen MR) is 86.2 cm³/mol. The molecule has 4 heteroatoms. The Labute approximate surface area is 130 Å². The Bertz CT molecular complexity index is 526. The van der Waals surface area contributed by atoms with Gasteiger partial charge in [-0.3, -0.25) is 4.98 Å². The first-order valence-corrected chi connectivity index (χ1v) is 7.86. The molecule has 1 N–H and O–H groups in total. The largest absolute Gasteiger partial charge is 0.310 e. The molecule has 0 aliphatic rings. The van der Waals surface area contributed by atoms with Gasteiger partial charge >= 0.3 is 0 Å². The lowest BCUT2D eigenvalue weighted by atomic mass is 10.00. The standard InChI is InChI=1S/C15H16Br2N2/c1-2-19-15(12-3-5-13(16)6-4-12)8-11-7-14(17)10-18-9-11/h3-7,9-10,15,19H,2,8H2,1H3. The summed E-state index contributed by atoms with van der Waals surface area (Å²) in [6.07, 6.45) is 4.67. The van der Waals surface area contributed by atoms with E-state index in [2.05, 4.69) is 79.4 Å². The first-order valence-electron chi connectivity index (χ1n) is 6.27. The van der Waals surface area contributed by atoms with Gasteiger partial charge in [-0.05, 0) is 58.2 Å². The summed E-state index contributed by atoms with van der Waals surface area (Å²) in [5.41, 5.74) is 2.52. The highest BCUT2D eigenvalue weighted by Crippen LogP contribution is 2.21. The van der Waals surface area contributed by atoms with E-state index in [0.717, 1.165) is 21.9 Å². The lowest BCUT2D eigenvalue weighted by molar-refractivity contribution is 0.549. The highest BCUT2D eigenvalue weighted by atomic mass is 79.9. The molecule has 0 amide bonds. The molecule has 0 spiro atoms. The van der Waals surface area contributed by atoms with E-state index in [1.807, 2.05) is 12.4 Å². The number of aromatic nitrogens is 1. The van der Waals surface area contributed by atoms with Crippen LogP contribution in [0.3, 0.4) is 0 Å². The molecular formula is C15H16Br2N2. The van der Waals surface area contributed by atoms with E-state index < -0.39 is 0 Å². The summed E-state index contributed by atoms with van der Waals surface area (Å²) in [6, 6.07) is 10.9. The molecule has 1 heterocycles. The number of hydrogen-bond acceptors (Lipinski definition) is 2. The van der Waals surface area contributed by atoms with Gasteiger partial charge in [0.25, 0.3) is 0 Å². The number of likely N-dealkylation sites (N-methyl/N-ethyl adjacent to an activating group) is 1. The molecule has 0 aliphatic heterocycles. The van der Waals surface area contributed by atoms with Crippen molar-refractivity contribution in [3.05, 3.63) is 62.8 Å². The monoisotopic (exact) mass is 382 g/mol. The average molecular weight is 384 g/mol. The molecule has 19 heavy (non-hydrogen) atoms. The second-order valence-electron chi connectivity index (χ2n) is 4.38. The number of nitrogens with one attached hydrogen (secondary N) is 1. The third kappa shape index (κ3) is 4.41. The number of pyridine rings is 1. The molecule has 2 nitrogen and oxygen atoms in total. The summed E-state index contributed by atoms with van der Waals surface area (Å²) in [5, 5.41) is 3.53. The minimum absolute atomic E-state index is 0.314. The van der Waals surface area contributed by atoms with Crippen LogP contribution in [-0.4, -0.2) is 11.5 Å². The van der Waals surface area contributed by atoms with Crippen molar-refractivity contribution in [2.75, 3.05) is 6.54 Å². The number of halogens is 2. The molecule has 2 rings (SSSR count). The SMILES string of the molecule is CCNC(Cc1cncc(Br)c1)c1ccc(Br)cc1. The lowest BCUT2D eigenvalue weighted by Gasteiger charge is -2.18. The molecule has 1 aromatic carbocycles. The van der Waals surface area contributed by atoms with E-state index in [9.17, 15) is 0 Å². The molecule has 0 saturated carbocycles. The van der Waals surface area contributed by atoms with Gasteiger partial charge in [-0.1, -0.05) is 35.0 Å². The van der Waals surface area contributed by atoms with Crippen LogP contribution in [0, 0.1) is 0 Å². The number of hydrogen-bond donors (Lipinski definition) is 1. The van der Waals surface area contributed by atoms with Crippen LogP contribution in [0.25, 0.3) is 0 Å². The maximum Gasteiger partial charge on any atom is 0.0410 e. The Morgan fingerprint density at radius 2 is 1.84 bits per heavy atom. The summed E-state index contributed by atoms with van der Waals surface area (Å²) in [7, 11) is 0. The first kappa shape index (κ1) is 14.7. The van der Waals surface area contributed by atoms with Crippen molar-refractivity contribution in [3.8, 4) is 0 Å². The smallest absolute Gasteiger partial charge is 0.0410 e. The average Bonchev–Trinajstić information content (AvgIpc) is 2.39. The van der Waals surface area contributed by atoms with Gasteiger partial charge in [0.05, 0.1) is 0 Å². The molecule has 0 bridgehead atoms. The van der Waals surface area contributed by atoms with Crippen molar-refractivity contribution in [2.45, 2.75) is 19.4 Å². The number of rotatable bonds is 5. The van der Waals surface area contributed by atoms with E-state index in [1.165, 1.54) is 11.1 Å². The summed E-state index contributed by atoms with van der Waals surface area (Å²) < 4.78 is 2.13. The van der Waals surface area contributed by atoms with E-state index in [0.29, 0.717) is 6.04 Å². The predicted octanol–water partition coefficient (Wildman–Crippen LogP) is 4.50. The van der Waals surface area contributed by atoms with Crippen LogP contribution in [0.15, 0.2) is 51.7 Å². The van der Waals surface area contributed by atoms with Crippen LogP contribution in [0.1, 0.15) is 24.1 Å². The summed E-state index contributed by atoms with van der Waals surface area (Å²) in [6.45, 7) is 3.08. The fourth-order valence-corrected chi connectivity index (χ4v) is 2.73. The zero-order valence-electron chi connectivity index (χ0n) is 10.7. The van der Waals surface area contributed by atoms with Gasteiger partial charge in [-0.2, -0.15) is 0 Å². The minimum atomic E-state index is 0.314. The second-order valence-corrected chi connectivity index (χ2v) is 6.21. The third-order valence-electron chi connectivity index (χ3n) is 2.92. The van der Waals surface area contributed by atoms with Gasteiger partial charge in [-0.25, -0.2) is 0 Å². The van der Waals surface area contributed by atoms with Crippen LogP contribution in [0.4, 0.5) is 0 Å². The van der Waals surface area contributed by atoms with Crippen molar-refractivity contribution in [1.29, 1.82) is 0 Å². The minimum Gasteiger partial charge on any atom is -0.310 e. The van der Waals surface area contributed by atoms with Gasteiger partial charge < -0.3 is 5.32 Å². The quantitative estimate of drug-likeness (QED) is 0.822. The molecule has 2 aromatic rings. The molecule has 0 fully saturated rings. The lowest BCUT2D eigenvalue weighted by Crippen LogP contribution is -2.23. The van der Waals surface area contributed by atoms with E-state index in [1.54, 1.807) is 0 Å². The van der Waals surface area contributed by atoms with Crippen molar-refractivity contribution in [3.63, 3.8) is 0 Å². The maximum absolute atomic E-state index is 4.22. The zero-order chi connectivity index (χ0) is 13.7. The Balaban J connectivity index is 2.18. The Kier molecular flexibility index (Phi) is 5.55. The summed E-state index contributed by atoms with van der Waals surface area (Å²) in [5.74, 6) is 0. The van der Waals surface area contributed by atoms with Gasteiger partial charge in [-0.15, -0.1) is 0 Å². The van der Waals surface area contributed by atoms with Crippen LogP contribution >= 0.6 is 31.9 Å². The van der Waals surface area contributed by atoms with E-state index >= 15 is 0 Å². The molecule has 1 unspecified atom stereocenters. The first-order chi connectivity index (χ1) is 9.19. The number of benzene rings is 1. The zero-order valence-corrected chi connectivity index (χ0v) is 13.9. The summed E-state index contributed by atoms with van der Waals surface area (Å²) in [4.78, 5) is 4.22. The Morgan fingerprint density at radius 3 is 2.47 bits per heavy atom. The highest BCUT2D eigenvalue weighted by molar-refractivity contribution is 9.10. The molecule has 1 atom stereocenters. The fourth-order valence-electron chi connectivity index (χ4n) is 2.05. The van der Waals surface area contributed by atoms with Gasteiger partial charge in [0.15, 0.2) is 0 Å². The van der Waals surface area contributed by atoms with Crippen LogP contribution in [0.5, 0.6) is 0 Å². The normalized spacial score (nSPS) is 12.4. The summed E-state index contributed by atoms with van der Waals surface area (Å²) >= 11 is 6.94. The maximum atomic E-state index is 4.22. The van der Waals surface area contributed by atoms with Crippen molar-refractivity contribution >= 4 is 31.9 Å². The number of nitrogens with zero attached hydrogens (tertiary/aromatic N) is 1. The van der Waals surface area contributed by atoms with E-state index in [-0.39, 0.29) is 0 Å². The third-order valence-corrected chi connectivity index (χ3v) is 3.89. The van der Waals surface area contributed by atoms with Crippen molar-refractivity contribution < 1.29 is 0 Å². The Hall–Kier alpha value is -0.710. The van der Waals surface area contributed by atoms with Gasteiger partial charge in [0.1, 0.15) is 0 Å². The van der Waals surface area contributed by atoms with Crippen LogP contribution in [0.2, 0.25) is 0 Å². The molecule has 1 aromatic heterocycles. The molecule has 0 saturated heterocycles. The van der Waals surface area contributed by atoms with Crippen LogP contribution in [-0.2, 0) is 6.42 Å². The second kappa shape index (κ2) is 7.17. The highest BCUT2D eigenvalue weighted by Gasteiger charge is 2.11. The fraction of sp³-hybridized carbons (Fsp3) is 0.267. The molecule has 0 radical (unpaired) electrons. The van der Waals surface area contributed by atoms with Crippen molar-refractivity contribution in [1.82, 2.24) is 10.3 Å².